The predicted octanol–water partition coefficient (Wildman–Crippen LogP) is 5.09. The molecule has 0 saturated carbocycles. The van der Waals surface area contributed by atoms with Gasteiger partial charge in [0.25, 0.3) is 0 Å². The number of aryl methyl sites for hydroxylation is 1. The van der Waals surface area contributed by atoms with Gasteiger partial charge in [0.05, 0.1) is 35.1 Å². The number of anilines is 1. The number of hydrogen-bond acceptors (Lipinski definition) is 9. The highest BCUT2D eigenvalue weighted by Gasteiger charge is 2.24. The number of carbonyl (C=O) groups is 2. The number of thiophene rings is 1. The Bertz CT molecular complexity index is 1900. The van der Waals surface area contributed by atoms with Crippen LogP contribution in [0.25, 0.3) is 38.6 Å². The number of morpholine rings is 1. The minimum absolute atomic E-state index is 0.0239. The van der Waals surface area contributed by atoms with Crippen LogP contribution in [0.3, 0.4) is 0 Å². The molecule has 2 aliphatic heterocycles. The van der Waals surface area contributed by atoms with E-state index in [2.05, 4.69) is 26.1 Å². The summed E-state index contributed by atoms with van der Waals surface area (Å²) in [6.45, 7) is 8.65. The summed E-state index contributed by atoms with van der Waals surface area (Å²) in [5.74, 6) is 1.68. The third-order valence-corrected chi connectivity index (χ3v) is 9.87. The second kappa shape index (κ2) is 13.5. The van der Waals surface area contributed by atoms with Crippen LogP contribution in [0, 0.1) is 6.92 Å². The lowest BCUT2D eigenvalue weighted by molar-refractivity contribution is -0.134. The number of benzene rings is 2. The normalized spacial score (nSPS) is 16.2. The maximum absolute atomic E-state index is 12.9. The second-order valence-corrected chi connectivity index (χ2v) is 13.0. The van der Waals surface area contributed by atoms with Crippen LogP contribution in [0.1, 0.15) is 28.8 Å². The molecule has 5 aromatic rings. The Morgan fingerprint density at radius 2 is 1.80 bits per heavy atom. The van der Waals surface area contributed by atoms with Crippen LogP contribution in [0.4, 0.5) is 5.82 Å². The number of nitrogens with one attached hydrogen (secondary N) is 1. The Morgan fingerprint density at radius 1 is 0.978 bits per heavy atom. The summed E-state index contributed by atoms with van der Waals surface area (Å²) in [5, 5.41) is 8.28. The third kappa shape index (κ3) is 6.57. The smallest absolute Gasteiger partial charge is 0.223 e. The van der Waals surface area contributed by atoms with Crippen molar-refractivity contribution in [1.29, 1.82) is 0 Å². The van der Waals surface area contributed by atoms with Crippen LogP contribution in [0.5, 0.6) is 0 Å². The number of fused-ring (bicyclic) bond motifs is 2. The van der Waals surface area contributed by atoms with Crippen LogP contribution in [-0.4, -0.2) is 94.1 Å². The SMILES string of the molecule is Cc1ccccc1C=CC(=O)CCC(=O)N1CCN(Cc2cc3nc(-c4cccc5[nH]ncc45)nc(N4CCOCC4)c3s2)CC1. The van der Waals surface area contributed by atoms with E-state index < -0.39 is 0 Å². The van der Waals surface area contributed by atoms with E-state index in [-0.39, 0.29) is 24.5 Å². The van der Waals surface area contributed by atoms with Crippen LogP contribution >= 0.6 is 11.3 Å². The molecule has 0 radical (unpaired) electrons. The number of nitrogens with zero attached hydrogens (tertiary/aromatic N) is 6. The second-order valence-electron chi connectivity index (χ2n) is 11.8. The molecule has 0 spiro atoms. The fourth-order valence-electron chi connectivity index (χ4n) is 6.12. The van der Waals surface area contributed by atoms with Gasteiger partial charge >= 0.3 is 0 Å². The molecule has 5 heterocycles. The Labute approximate surface area is 271 Å². The summed E-state index contributed by atoms with van der Waals surface area (Å²) >= 11 is 1.75. The molecule has 0 bridgehead atoms. The van der Waals surface area contributed by atoms with Crippen LogP contribution < -0.4 is 4.90 Å². The molecule has 46 heavy (non-hydrogen) atoms. The van der Waals surface area contributed by atoms with Crippen LogP contribution in [-0.2, 0) is 20.9 Å². The minimum Gasteiger partial charge on any atom is -0.378 e. The van der Waals surface area contributed by atoms with Crippen molar-refractivity contribution >= 4 is 56.0 Å². The molecule has 2 saturated heterocycles. The Morgan fingerprint density at radius 3 is 2.63 bits per heavy atom. The van der Waals surface area contributed by atoms with Crippen molar-refractivity contribution in [3.63, 3.8) is 0 Å². The zero-order chi connectivity index (χ0) is 31.5. The summed E-state index contributed by atoms with van der Waals surface area (Å²) in [5.41, 5.74) is 5.00. The standard InChI is InChI=1S/C35H37N7O3S/c1-24-5-2-3-6-25(24)9-10-26(43)11-12-32(44)41-15-13-40(14-16-41)23-27-21-31-33(46-27)35(42-17-19-45-20-18-42)38-34(37-31)28-7-4-8-30-29(28)22-36-39-30/h2-10,21-22H,11-20,23H2,1H3,(H,36,39). The Kier molecular flexibility index (Phi) is 8.87. The minimum atomic E-state index is -0.0239. The summed E-state index contributed by atoms with van der Waals surface area (Å²) in [4.78, 5) is 43.3. The van der Waals surface area contributed by atoms with Gasteiger partial charge in [0.2, 0.25) is 5.91 Å². The lowest BCUT2D eigenvalue weighted by atomic mass is 10.1. The summed E-state index contributed by atoms with van der Waals surface area (Å²) < 4.78 is 6.73. The van der Waals surface area contributed by atoms with Gasteiger partial charge < -0.3 is 14.5 Å². The Hall–Kier alpha value is -4.45. The molecule has 0 aliphatic carbocycles. The molecule has 3 aromatic heterocycles. The van der Waals surface area contributed by atoms with Crippen molar-refractivity contribution in [3.05, 3.63) is 76.8 Å². The predicted molar refractivity (Wildman–Crippen MR) is 182 cm³/mol. The number of aromatic amines is 1. The number of amides is 1. The van der Waals surface area contributed by atoms with Gasteiger partial charge in [-0.15, -0.1) is 11.3 Å². The number of hydrogen-bond donors (Lipinski definition) is 1. The number of ether oxygens (including phenoxy) is 1. The van der Waals surface area contributed by atoms with E-state index in [9.17, 15) is 9.59 Å². The van der Waals surface area contributed by atoms with E-state index in [1.165, 1.54) is 4.88 Å². The van der Waals surface area contributed by atoms with E-state index in [1.54, 1.807) is 17.4 Å². The van der Waals surface area contributed by atoms with E-state index in [4.69, 9.17) is 14.7 Å². The molecule has 11 heteroatoms. The number of piperazine rings is 1. The quantitative estimate of drug-likeness (QED) is 0.224. The molecule has 0 unspecified atom stereocenters. The first-order valence-electron chi connectivity index (χ1n) is 15.8. The van der Waals surface area contributed by atoms with E-state index in [1.807, 2.05) is 66.6 Å². The lowest BCUT2D eigenvalue weighted by Gasteiger charge is -2.34. The van der Waals surface area contributed by atoms with Gasteiger partial charge in [0, 0.05) is 74.5 Å². The molecule has 0 atom stereocenters. The van der Waals surface area contributed by atoms with Crippen molar-refractivity contribution in [2.75, 3.05) is 57.4 Å². The highest BCUT2D eigenvalue weighted by atomic mass is 32.1. The summed E-state index contributed by atoms with van der Waals surface area (Å²) in [7, 11) is 0. The maximum atomic E-state index is 12.9. The fourth-order valence-corrected chi connectivity index (χ4v) is 7.27. The molecular weight excluding hydrogens is 598 g/mol. The van der Waals surface area contributed by atoms with E-state index >= 15 is 0 Å². The Balaban J connectivity index is 1.00. The molecule has 2 aromatic carbocycles. The zero-order valence-corrected chi connectivity index (χ0v) is 26.8. The highest BCUT2D eigenvalue weighted by Crippen LogP contribution is 2.36. The van der Waals surface area contributed by atoms with E-state index in [0.29, 0.717) is 32.1 Å². The first-order chi connectivity index (χ1) is 22.5. The number of H-pyrrole nitrogens is 1. The van der Waals surface area contributed by atoms with Gasteiger partial charge in [0.1, 0.15) is 0 Å². The van der Waals surface area contributed by atoms with Crippen LogP contribution in [0.15, 0.2) is 60.8 Å². The molecule has 2 aliphatic rings. The monoisotopic (exact) mass is 635 g/mol. The lowest BCUT2D eigenvalue weighted by Crippen LogP contribution is -2.48. The van der Waals surface area contributed by atoms with Gasteiger partial charge in [0.15, 0.2) is 17.4 Å². The van der Waals surface area contributed by atoms with Crippen molar-refractivity contribution < 1.29 is 14.3 Å². The first kappa shape index (κ1) is 30.2. The van der Waals surface area contributed by atoms with Crippen molar-refractivity contribution in [2.45, 2.75) is 26.3 Å². The van der Waals surface area contributed by atoms with Crippen molar-refractivity contribution in [1.82, 2.24) is 30.0 Å². The van der Waals surface area contributed by atoms with Crippen molar-refractivity contribution in [3.8, 4) is 11.4 Å². The zero-order valence-electron chi connectivity index (χ0n) is 25.9. The van der Waals surface area contributed by atoms with Crippen LogP contribution in [0.2, 0.25) is 0 Å². The summed E-state index contributed by atoms with van der Waals surface area (Å²) in [6.07, 6.45) is 5.73. The number of rotatable bonds is 9. The average Bonchev–Trinajstić information content (AvgIpc) is 3.74. The average molecular weight is 636 g/mol. The first-order valence-corrected chi connectivity index (χ1v) is 16.7. The number of carbonyl (C=O) groups excluding carboxylic acids is 2. The fraction of sp³-hybridized carbons (Fsp3) is 0.343. The molecule has 1 amide bonds. The van der Waals surface area contributed by atoms with Crippen molar-refractivity contribution in [2.24, 2.45) is 0 Å². The van der Waals surface area contributed by atoms with Gasteiger partial charge in [-0.1, -0.05) is 42.5 Å². The third-order valence-electron chi connectivity index (χ3n) is 8.77. The number of allylic oxidation sites excluding steroid dienone is 1. The molecular formula is C35H37N7O3S. The largest absolute Gasteiger partial charge is 0.378 e. The highest BCUT2D eigenvalue weighted by molar-refractivity contribution is 7.19. The maximum Gasteiger partial charge on any atom is 0.223 e. The molecule has 1 N–H and O–H groups in total. The van der Waals surface area contributed by atoms with E-state index in [0.717, 1.165) is 76.4 Å². The summed E-state index contributed by atoms with van der Waals surface area (Å²) in [6, 6.07) is 16.2. The molecule has 2 fully saturated rings. The number of ketones is 1. The molecule has 10 nitrogen and oxygen atoms in total. The van der Waals surface area contributed by atoms with Gasteiger partial charge in [-0.2, -0.15) is 5.10 Å². The molecule has 236 valence electrons. The van der Waals surface area contributed by atoms with Gasteiger partial charge in [-0.05, 0) is 36.3 Å². The molecule has 7 rings (SSSR count). The topological polar surface area (TPSA) is 108 Å². The van der Waals surface area contributed by atoms with Gasteiger partial charge in [-0.25, -0.2) is 9.97 Å². The van der Waals surface area contributed by atoms with Gasteiger partial charge in [-0.3, -0.25) is 19.6 Å². The number of aromatic nitrogens is 4.